The molecule has 0 aliphatic heterocycles. The summed E-state index contributed by atoms with van der Waals surface area (Å²) < 4.78 is 84.7. The zero-order valence-corrected chi connectivity index (χ0v) is 20.4. The molecular weight excluding hydrogens is 544 g/mol. The van der Waals surface area contributed by atoms with Crippen LogP contribution in [-0.4, -0.2) is 35.3 Å². The summed E-state index contributed by atoms with van der Waals surface area (Å²) in [7, 11) is 0. The molecule has 0 radical (unpaired) electrons. The van der Waals surface area contributed by atoms with Crippen LogP contribution in [0.1, 0.15) is 11.1 Å². The molecule has 0 spiro atoms. The van der Waals surface area contributed by atoms with Gasteiger partial charge in [0.2, 0.25) is 5.95 Å². The molecule has 15 heteroatoms. The summed E-state index contributed by atoms with van der Waals surface area (Å²) in [6.45, 7) is 0.182. The molecule has 0 fully saturated rings. The molecule has 5 aromatic rings. The number of aromatic nitrogens is 6. The maximum absolute atomic E-state index is 15.0. The summed E-state index contributed by atoms with van der Waals surface area (Å²) in [4.78, 5) is 34.2. The highest BCUT2D eigenvalue weighted by Crippen LogP contribution is 2.25. The third-order valence-corrected chi connectivity index (χ3v) is 5.82. The first-order valence-electron chi connectivity index (χ1n) is 11.5. The minimum Gasteiger partial charge on any atom is -0.323 e. The van der Waals surface area contributed by atoms with Gasteiger partial charge in [0, 0.05) is 35.5 Å². The molecule has 0 bridgehead atoms. The molecule has 5 rings (SSSR count). The average Bonchev–Trinajstić information content (AvgIpc) is 3.24. The molecule has 206 valence electrons. The van der Waals surface area contributed by atoms with Gasteiger partial charge in [0.1, 0.15) is 18.2 Å². The van der Waals surface area contributed by atoms with Gasteiger partial charge in [-0.1, -0.05) is 0 Å². The van der Waals surface area contributed by atoms with Crippen molar-refractivity contribution in [3.8, 4) is 5.69 Å². The molecule has 0 aliphatic rings. The number of hydrogen-bond acceptors (Lipinski definition) is 6. The third-order valence-electron chi connectivity index (χ3n) is 5.82. The number of nitrogens with one attached hydrogen (secondary N) is 1. The maximum atomic E-state index is 15.0. The van der Waals surface area contributed by atoms with Gasteiger partial charge in [0.25, 0.3) is 6.43 Å². The molecule has 9 nitrogen and oxygen atoms in total. The van der Waals surface area contributed by atoms with Crippen molar-refractivity contribution in [2.45, 2.75) is 26.4 Å². The van der Waals surface area contributed by atoms with E-state index in [-0.39, 0.29) is 22.3 Å². The van der Waals surface area contributed by atoms with E-state index in [0.29, 0.717) is 22.3 Å². The fourth-order valence-electron chi connectivity index (χ4n) is 4.02. The number of benzene rings is 2. The van der Waals surface area contributed by atoms with E-state index < -0.39 is 65.7 Å². The highest BCUT2D eigenvalue weighted by Gasteiger charge is 2.20. The van der Waals surface area contributed by atoms with Gasteiger partial charge >= 0.3 is 11.4 Å². The largest absolute Gasteiger partial charge is 0.359 e. The summed E-state index contributed by atoms with van der Waals surface area (Å²) in [5.74, 6) is -5.54. The van der Waals surface area contributed by atoms with Crippen LogP contribution < -0.4 is 16.7 Å². The lowest BCUT2D eigenvalue weighted by Crippen LogP contribution is -2.42. The number of nitrogens with zero attached hydrogens (tertiary/aromatic N) is 6. The van der Waals surface area contributed by atoms with Crippen molar-refractivity contribution in [3.63, 3.8) is 0 Å². The van der Waals surface area contributed by atoms with Gasteiger partial charge < -0.3 is 5.32 Å². The zero-order chi connectivity index (χ0) is 28.7. The highest BCUT2D eigenvalue weighted by molar-refractivity contribution is 5.83. The third kappa shape index (κ3) is 5.17. The Hall–Kier alpha value is -4.95. The molecule has 0 amide bonds. The van der Waals surface area contributed by atoms with E-state index >= 15 is 0 Å². The van der Waals surface area contributed by atoms with Crippen LogP contribution in [0.15, 0.2) is 58.5 Å². The van der Waals surface area contributed by atoms with Crippen LogP contribution in [0.3, 0.4) is 0 Å². The van der Waals surface area contributed by atoms with Crippen molar-refractivity contribution in [1.29, 1.82) is 0 Å². The quantitative estimate of drug-likeness (QED) is 0.238. The van der Waals surface area contributed by atoms with Gasteiger partial charge in [-0.25, -0.2) is 40.5 Å². The standard InChI is InChI=1S/C25H17F6N7O2/c1-12-2-15(8-32-7-12)38-24(39)34-23(37(25(38)40)10-13-3-17(27)18(28)5-16(13)26)33-21-4-14-9-36(11-22(30)31)35-20(14)6-19(21)29/h2-9,22H,10-11H2,1H3,(H,33,34,39). The number of halogens is 6. The Balaban J connectivity index is 1.66. The van der Waals surface area contributed by atoms with Crippen molar-refractivity contribution >= 4 is 22.5 Å². The van der Waals surface area contributed by atoms with Crippen LogP contribution in [0.5, 0.6) is 0 Å². The molecule has 0 aliphatic carbocycles. The van der Waals surface area contributed by atoms with Gasteiger partial charge in [-0.2, -0.15) is 10.1 Å². The SMILES string of the molecule is Cc1cncc(-n2c(=O)nc(Nc3cc4cn(CC(F)F)nc4cc3F)n(Cc3cc(F)c(F)cc3F)c2=O)c1. The van der Waals surface area contributed by atoms with E-state index in [9.17, 15) is 35.9 Å². The minimum absolute atomic E-state index is 0.0209. The van der Waals surface area contributed by atoms with Crippen LogP contribution in [0.2, 0.25) is 0 Å². The first-order valence-corrected chi connectivity index (χ1v) is 11.5. The molecule has 1 N–H and O–H groups in total. The second kappa shape index (κ2) is 10.3. The van der Waals surface area contributed by atoms with Crippen LogP contribution in [-0.2, 0) is 13.1 Å². The number of aryl methyl sites for hydroxylation is 1. The van der Waals surface area contributed by atoms with Crippen molar-refractivity contribution < 1.29 is 26.3 Å². The van der Waals surface area contributed by atoms with Gasteiger partial charge in [0.15, 0.2) is 11.6 Å². The van der Waals surface area contributed by atoms with Gasteiger partial charge in [-0.3, -0.25) is 14.2 Å². The van der Waals surface area contributed by atoms with E-state index in [1.165, 1.54) is 30.7 Å². The van der Waals surface area contributed by atoms with Crippen LogP contribution in [0, 0.1) is 30.2 Å². The summed E-state index contributed by atoms with van der Waals surface area (Å²) in [6.07, 6.45) is 1.21. The summed E-state index contributed by atoms with van der Waals surface area (Å²) in [5, 5.41) is 6.60. The van der Waals surface area contributed by atoms with Gasteiger partial charge in [-0.05, 0) is 30.7 Å². The second-order valence-electron chi connectivity index (χ2n) is 8.76. The minimum atomic E-state index is -2.71. The number of fused-ring (bicyclic) bond motifs is 1. The first-order chi connectivity index (χ1) is 19.0. The molecule has 3 heterocycles. The number of hydrogen-bond donors (Lipinski definition) is 1. The van der Waals surface area contributed by atoms with E-state index in [0.717, 1.165) is 15.3 Å². The first kappa shape index (κ1) is 26.6. The maximum Gasteiger partial charge on any atom is 0.359 e. The predicted octanol–water partition coefficient (Wildman–Crippen LogP) is 4.06. The monoisotopic (exact) mass is 561 g/mol. The average molecular weight is 561 g/mol. The Labute approximate surface area is 220 Å². The van der Waals surface area contributed by atoms with E-state index in [2.05, 4.69) is 20.4 Å². The summed E-state index contributed by atoms with van der Waals surface area (Å²) >= 11 is 0. The number of rotatable bonds is 7. The van der Waals surface area contributed by atoms with E-state index in [4.69, 9.17) is 0 Å². The van der Waals surface area contributed by atoms with Crippen LogP contribution in [0.4, 0.5) is 38.0 Å². The molecule has 40 heavy (non-hydrogen) atoms. The predicted molar refractivity (Wildman–Crippen MR) is 131 cm³/mol. The lowest BCUT2D eigenvalue weighted by Gasteiger charge is -2.16. The summed E-state index contributed by atoms with van der Waals surface area (Å²) in [5.41, 5.74) is -2.31. The molecule has 2 aromatic carbocycles. The van der Waals surface area contributed by atoms with Gasteiger partial charge in [-0.15, -0.1) is 0 Å². The Bertz CT molecular complexity index is 1880. The number of pyridine rings is 1. The summed E-state index contributed by atoms with van der Waals surface area (Å²) in [6, 6.07) is 4.41. The Morgan fingerprint density at radius 3 is 2.40 bits per heavy atom. The number of alkyl halides is 2. The van der Waals surface area contributed by atoms with Crippen molar-refractivity contribution in [3.05, 3.63) is 104 Å². The highest BCUT2D eigenvalue weighted by atomic mass is 19.3. The topological polar surface area (TPSA) is 99.6 Å². The Morgan fingerprint density at radius 1 is 0.925 bits per heavy atom. The van der Waals surface area contributed by atoms with Gasteiger partial charge in [0.05, 0.1) is 29.6 Å². The molecule has 0 atom stereocenters. The molecule has 0 saturated carbocycles. The molecule has 0 unspecified atom stereocenters. The van der Waals surface area contributed by atoms with Crippen molar-refractivity contribution in [1.82, 2.24) is 28.9 Å². The fraction of sp³-hybridized carbons (Fsp3) is 0.160. The molecular formula is C25H17F6N7O2. The number of anilines is 2. The second-order valence-corrected chi connectivity index (χ2v) is 8.76. The zero-order valence-electron chi connectivity index (χ0n) is 20.4. The fourth-order valence-corrected chi connectivity index (χ4v) is 4.02. The van der Waals surface area contributed by atoms with Crippen molar-refractivity contribution in [2.75, 3.05) is 5.32 Å². The van der Waals surface area contributed by atoms with E-state index in [1.807, 2.05) is 0 Å². The Kier molecular flexibility index (Phi) is 6.87. The molecule has 3 aromatic heterocycles. The van der Waals surface area contributed by atoms with Crippen LogP contribution >= 0.6 is 0 Å². The van der Waals surface area contributed by atoms with Crippen LogP contribution in [0.25, 0.3) is 16.6 Å². The van der Waals surface area contributed by atoms with Crippen molar-refractivity contribution in [2.24, 2.45) is 0 Å². The lowest BCUT2D eigenvalue weighted by atomic mass is 10.2. The Morgan fingerprint density at radius 2 is 1.68 bits per heavy atom. The normalized spacial score (nSPS) is 11.5. The molecule has 0 saturated heterocycles. The van der Waals surface area contributed by atoms with E-state index in [1.54, 1.807) is 6.92 Å². The lowest BCUT2D eigenvalue weighted by molar-refractivity contribution is 0.122. The smallest absolute Gasteiger partial charge is 0.323 e.